The van der Waals surface area contributed by atoms with Crippen molar-refractivity contribution >= 4 is 40.3 Å². The molecule has 2 aromatic rings. The second-order valence-electron chi connectivity index (χ2n) is 6.73. The minimum Gasteiger partial charge on any atom is -0.370 e. The lowest BCUT2D eigenvalue weighted by Crippen LogP contribution is -2.35. The molecule has 3 rings (SSSR count). The van der Waals surface area contributed by atoms with Crippen molar-refractivity contribution in [2.75, 3.05) is 23.3 Å². The third kappa shape index (κ3) is 4.64. The van der Waals surface area contributed by atoms with Gasteiger partial charge in [0.15, 0.2) is 5.11 Å². The summed E-state index contributed by atoms with van der Waals surface area (Å²) in [5, 5.41) is 16.8. The lowest BCUT2D eigenvalue weighted by Gasteiger charge is -2.30. The molecule has 1 fully saturated rings. The Morgan fingerprint density at radius 2 is 1.86 bits per heavy atom. The van der Waals surface area contributed by atoms with E-state index in [0.717, 1.165) is 37.3 Å². The maximum atomic E-state index is 12.4. The summed E-state index contributed by atoms with van der Waals surface area (Å²) < 4.78 is 0. The Labute approximate surface area is 168 Å². The van der Waals surface area contributed by atoms with Crippen LogP contribution in [-0.4, -0.2) is 29.0 Å². The Morgan fingerprint density at radius 1 is 1.14 bits per heavy atom. The number of hydrogen-bond donors (Lipinski definition) is 2. The van der Waals surface area contributed by atoms with E-state index < -0.39 is 10.8 Å². The van der Waals surface area contributed by atoms with Crippen LogP contribution < -0.4 is 15.5 Å². The molecular weight excluding hydrogens is 376 g/mol. The van der Waals surface area contributed by atoms with Crippen molar-refractivity contribution in [2.24, 2.45) is 0 Å². The first-order chi connectivity index (χ1) is 13.5. The molecule has 1 heterocycles. The molecule has 1 aliphatic rings. The van der Waals surface area contributed by atoms with Crippen LogP contribution in [0.3, 0.4) is 0 Å². The molecule has 146 valence electrons. The number of amides is 1. The largest absolute Gasteiger partial charge is 0.370 e. The molecule has 0 bridgehead atoms. The molecule has 2 N–H and O–H groups in total. The first kappa shape index (κ1) is 19.8. The van der Waals surface area contributed by atoms with Crippen molar-refractivity contribution in [1.82, 2.24) is 5.32 Å². The summed E-state index contributed by atoms with van der Waals surface area (Å²) in [6.45, 7) is 3.60. The summed E-state index contributed by atoms with van der Waals surface area (Å²) in [7, 11) is 0. The topological polar surface area (TPSA) is 87.5 Å². The number of nitro groups is 1. The maximum Gasteiger partial charge on any atom is 0.272 e. The van der Waals surface area contributed by atoms with Crippen molar-refractivity contribution in [3.05, 3.63) is 63.7 Å². The van der Waals surface area contributed by atoms with Gasteiger partial charge in [-0.3, -0.25) is 20.2 Å². The number of hydrogen-bond acceptors (Lipinski definition) is 5. The molecule has 0 aliphatic carbocycles. The van der Waals surface area contributed by atoms with Gasteiger partial charge in [0.2, 0.25) is 0 Å². The molecule has 1 amide bonds. The zero-order chi connectivity index (χ0) is 20.1. The molecule has 28 heavy (non-hydrogen) atoms. The third-order valence-corrected chi connectivity index (χ3v) is 4.94. The number of rotatable bonds is 4. The van der Waals surface area contributed by atoms with Gasteiger partial charge in [0, 0.05) is 30.3 Å². The SMILES string of the molecule is Cc1cc(C(=O)NC(=S)Nc2ccccc2N2CCCCC2)ccc1[N+](=O)[O-]. The van der Waals surface area contributed by atoms with Gasteiger partial charge in [0.05, 0.1) is 16.3 Å². The number of benzene rings is 2. The van der Waals surface area contributed by atoms with Crippen LogP contribution >= 0.6 is 12.2 Å². The molecule has 0 radical (unpaired) electrons. The van der Waals surface area contributed by atoms with Crippen molar-refractivity contribution in [1.29, 1.82) is 0 Å². The summed E-state index contributed by atoms with van der Waals surface area (Å²) in [6, 6.07) is 12.1. The van der Waals surface area contributed by atoms with E-state index in [1.807, 2.05) is 24.3 Å². The van der Waals surface area contributed by atoms with Gasteiger partial charge < -0.3 is 10.2 Å². The number of nitrogens with zero attached hydrogens (tertiary/aromatic N) is 2. The molecule has 0 saturated carbocycles. The van der Waals surface area contributed by atoms with Crippen LogP contribution in [0.5, 0.6) is 0 Å². The number of nitrogens with one attached hydrogen (secondary N) is 2. The van der Waals surface area contributed by atoms with Crippen molar-refractivity contribution < 1.29 is 9.72 Å². The molecule has 0 unspecified atom stereocenters. The van der Waals surface area contributed by atoms with Crippen LogP contribution in [0.2, 0.25) is 0 Å². The van der Waals surface area contributed by atoms with Crippen LogP contribution in [0.15, 0.2) is 42.5 Å². The predicted octanol–water partition coefficient (Wildman–Crippen LogP) is 4.02. The fraction of sp³-hybridized carbons (Fsp3) is 0.300. The zero-order valence-corrected chi connectivity index (χ0v) is 16.4. The van der Waals surface area contributed by atoms with Gasteiger partial charge in [-0.05, 0) is 62.7 Å². The molecule has 7 nitrogen and oxygen atoms in total. The summed E-state index contributed by atoms with van der Waals surface area (Å²) in [4.78, 5) is 25.2. The minimum absolute atomic E-state index is 0.0206. The smallest absolute Gasteiger partial charge is 0.272 e. The number of thiocarbonyl (C=S) groups is 1. The average molecular weight is 398 g/mol. The second-order valence-corrected chi connectivity index (χ2v) is 7.14. The molecule has 0 spiro atoms. The molecular formula is C20H22N4O3S. The molecule has 2 aromatic carbocycles. The molecule has 1 aliphatic heterocycles. The highest BCUT2D eigenvalue weighted by Gasteiger charge is 2.17. The average Bonchev–Trinajstić information content (AvgIpc) is 2.68. The maximum absolute atomic E-state index is 12.4. The Balaban J connectivity index is 1.68. The van der Waals surface area contributed by atoms with Crippen LogP contribution in [0.4, 0.5) is 17.1 Å². The predicted molar refractivity (Wildman–Crippen MR) is 114 cm³/mol. The highest BCUT2D eigenvalue weighted by molar-refractivity contribution is 7.80. The van der Waals surface area contributed by atoms with Gasteiger partial charge in [-0.1, -0.05) is 12.1 Å². The van der Waals surface area contributed by atoms with Gasteiger partial charge in [-0.25, -0.2) is 0 Å². The van der Waals surface area contributed by atoms with Crippen molar-refractivity contribution in [3.8, 4) is 0 Å². The summed E-state index contributed by atoms with van der Waals surface area (Å²) in [5.41, 5.74) is 2.62. The standard InChI is InChI=1S/C20H22N4O3S/c1-14-13-15(9-10-17(14)24(26)27)19(25)22-20(28)21-16-7-3-4-8-18(16)23-11-5-2-6-12-23/h3-4,7-10,13H,2,5-6,11-12H2,1H3,(H2,21,22,25,28). The monoisotopic (exact) mass is 398 g/mol. The fourth-order valence-electron chi connectivity index (χ4n) is 3.32. The molecule has 0 aromatic heterocycles. The molecule has 1 saturated heterocycles. The van der Waals surface area contributed by atoms with Crippen molar-refractivity contribution in [2.45, 2.75) is 26.2 Å². The van der Waals surface area contributed by atoms with E-state index >= 15 is 0 Å². The molecule has 0 atom stereocenters. The summed E-state index contributed by atoms with van der Waals surface area (Å²) in [5.74, 6) is -0.411. The zero-order valence-electron chi connectivity index (χ0n) is 15.6. The van der Waals surface area contributed by atoms with Gasteiger partial charge >= 0.3 is 0 Å². The van der Waals surface area contributed by atoms with Crippen LogP contribution in [0, 0.1) is 17.0 Å². The Kier molecular flexibility index (Phi) is 6.20. The number of piperidine rings is 1. The number of carbonyl (C=O) groups is 1. The van der Waals surface area contributed by atoms with Gasteiger partial charge in [0.1, 0.15) is 0 Å². The van der Waals surface area contributed by atoms with Gasteiger partial charge in [-0.15, -0.1) is 0 Å². The number of anilines is 2. The summed E-state index contributed by atoms with van der Waals surface area (Å²) >= 11 is 5.30. The number of carbonyl (C=O) groups excluding carboxylic acids is 1. The van der Waals surface area contributed by atoms with E-state index in [1.165, 1.54) is 24.6 Å². The summed E-state index contributed by atoms with van der Waals surface area (Å²) in [6.07, 6.45) is 3.57. The Morgan fingerprint density at radius 3 is 2.54 bits per heavy atom. The van der Waals surface area contributed by atoms with E-state index in [0.29, 0.717) is 11.1 Å². The van der Waals surface area contributed by atoms with E-state index in [4.69, 9.17) is 12.2 Å². The number of nitro benzene ring substituents is 1. The Bertz CT molecular complexity index is 910. The normalized spacial score (nSPS) is 13.7. The number of aryl methyl sites for hydroxylation is 1. The van der Waals surface area contributed by atoms with Crippen LogP contribution in [0.25, 0.3) is 0 Å². The van der Waals surface area contributed by atoms with E-state index in [9.17, 15) is 14.9 Å². The first-order valence-corrected chi connectivity index (χ1v) is 9.58. The highest BCUT2D eigenvalue weighted by Crippen LogP contribution is 2.28. The lowest BCUT2D eigenvalue weighted by molar-refractivity contribution is -0.385. The van der Waals surface area contributed by atoms with Gasteiger partial charge in [-0.2, -0.15) is 0 Å². The quantitative estimate of drug-likeness (QED) is 0.459. The fourth-order valence-corrected chi connectivity index (χ4v) is 3.52. The second kappa shape index (κ2) is 8.79. The third-order valence-electron chi connectivity index (χ3n) is 4.73. The van der Waals surface area contributed by atoms with E-state index in [1.54, 1.807) is 6.92 Å². The lowest BCUT2D eigenvalue weighted by atomic mass is 10.1. The van der Waals surface area contributed by atoms with Gasteiger partial charge in [0.25, 0.3) is 11.6 Å². The minimum atomic E-state index is -0.471. The van der Waals surface area contributed by atoms with E-state index in [2.05, 4.69) is 15.5 Å². The highest BCUT2D eigenvalue weighted by atomic mass is 32.1. The van der Waals surface area contributed by atoms with Crippen LogP contribution in [0.1, 0.15) is 35.2 Å². The van der Waals surface area contributed by atoms with Crippen LogP contribution in [-0.2, 0) is 0 Å². The first-order valence-electron chi connectivity index (χ1n) is 9.17. The number of para-hydroxylation sites is 2. The Hall–Kier alpha value is -3.00. The molecule has 8 heteroatoms. The van der Waals surface area contributed by atoms with Crippen molar-refractivity contribution in [3.63, 3.8) is 0 Å². The van der Waals surface area contributed by atoms with E-state index in [-0.39, 0.29) is 10.8 Å².